The maximum Gasteiger partial charge on any atom is 0.191 e. The van der Waals surface area contributed by atoms with Gasteiger partial charge in [0.05, 0.1) is 12.7 Å². The van der Waals surface area contributed by atoms with Gasteiger partial charge in [-0.05, 0) is 50.4 Å². The van der Waals surface area contributed by atoms with Crippen LogP contribution in [0.4, 0.5) is 5.82 Å². The van der Waals surface area contributed by atoms with Crippen LogP contribution in [0.3, 0.4) is 0 Å². The number of hydrogen-bond donors (Lipinski definition) is 2. The van der Waals surface area contributed by atoms with Crippen LogP contribution < -0.4 is 15.5 Å². The summed E-state index contributed by atoms with van der Waals surface area (Å²) in [5.41, 5.74) is 1.21. The van der Waals surface area contributed by atoms with Crippen LogP contribution in [0.15, 0.2) is 23.3 Å². The van der Waals surface area contributed by atoms with Gasteiger partial charge in [-0.25, -0.2) is 4.98 Å². The lowest BCUT2D eigenvalue weighted by molar-refractivity contribution is 0.0529. The molecule has 30 heavy (non-hydrogen) atoms. The fraction of sp³-hybridized carbons (Fsp3) is 0.727. The molecule has 1 atom stereocenters. The summed E-state index contributed by atoms with van der Waals surface area (Å²) in [6.45, 7) is 11.3. The van der Waals surface area contributed by atoms with E-state index in [1.165, 1.54) is 50.9 Å². The van der Waals surface area contributed by atoms with E-state index in [2.05, 4.69) is 56.4 Å². The van der Waals surface area contributed by atoms with Crippen molar-refractivity contribution < 1.29 is 4.74 Å². The van der Waals surface area contributed by atoms with E-state index in [-0.39, 0.29) is 30.1 Å². The molecule has 3 rings (SSSR count). The van der Waals surface area contributed by atoms with Crippen molar-refractivity contribution in [2.75, 3.05) is 51.3 Å². The third-order valence-electron chi connectivity index (χ3n) is 5.81. The lowest BCUT2D eigenvalue weighted by atomic mass is 10.0. The lowest BCUT2D eigenvalue weighted by Gasteiger charge is -2.33. The van der Waals surface area contributed by atoms with E-state index in [1.807, 2.05) is 13.2 Å². The molecule has 0 aliphatic carbocycles. The summed E-state index contributed by atoms with van der Waals surface area (Å²) < 4.78 is 5.64. The number of guanidine groups is 1. The largest absolute Gasteiger partial charge is 0.375 e. The van der Waals surface area contributed by atoms with Crippen molar-refractivity contribution in [2.45, 2.75) is 58.2 Å². The molecule has 0 spiro atoms. The number of rotatable bonds is 7. The Morgan fingerprint density at radius 1 is 1.30 bits per heavy atom. The number of piperidine rings is 1. The molecule has 1 aromatic rings. The zero-order chi connectivity index (χ0) is 20.5. The molecule has 0 saturated carbocycles. The molecule has 3 heterocycles. The Balaban J connectivity index is 0.00000320. The average molecular weight is 530 g/mol. The van der Waals surface area contributed by atoms with Crippen molar-refractivity contribution in [1.29, 1.82) is 0 Å². The molecule has 2 saturated heterocycles. The molecule has 0 aromatic carbocycles. The monoisotopic (exact) mass is 530 g/mol. The number of nitrogens with zero attached hydrogens (tertiary/aromatic N) is 4. The number of halogens is 1. The van der Waals surface area contributed by atoms with Crippen LogP contribution in [0.25, 0.3) is 0 Å². The minimum Gasteiger partial charge on any atom is -0.375 e. The van der Waals surface area contributed by atoms with E-state index in [4.69, 9.17) is 4.74 Å². The summed E-state index contributed by atoms with van der Waals surface area (Å²) in [6.07, 6.45) is 7.09. The second kappa shape index (κ2) is 13.3. The highest BCUT2D eigenvalue weighted by Crippen LogP contribution is 2.16. The Morgan fingerprint density at radius 3 is 2.80 bits per heavy atom. The summed E-state index contributed by atoms with van der Waals surface area (Å²) in [5.74, 6) is 1.91. The fourth-order valence-corrected chi connectivity index (χ4v) is 4.03. The first kappa shape index (κ1) is 25.1. The van der Waals surface area contributed by atoms with Crippen molar-refractivity contribution in [2.24, 2.45) is 4.99 Å². The number of morpholine rings is 1. The van der Waals surface area contributed by atoms with Crippen LogP contribution >= 0.6 is 24.0 Å². The predicted octanol–water partition coefficient (Wildman–Crippen LogP) is 2.85. The van der Waals surface area contributed by atoms with E-state index in [0.717, 1.165) is 38.0 Å². The number of pyridine rings is 1. The number of aliphatic imine (C=N–C) groups is 1. The van der Waals surface area contributed by atoms with Crippen molar-refractivity contribution in [3.63, 3.8) is 0 Å². The zero-order valence-electron chi connectivity index (χ0n) is 18.8. The minimum atomic E-state index is 0. The van der Waals surface area contributed by atoms with Crippen LogP contribution in [-0.4, -0.2) is 74.4 Å². The van der Waals surface area contributed by atoms with Crippen molar-refractivity contribution >= 4 is 35.8 Å². The lowest BCUT2D eigenvalue weighted by Crippen LogP contribution is -2.48. The molecule has 0 radical (unpaired) electrons. The first-order valence-corrected chi connectivity index (χ1v) is 11.2. The molecule has 2 aliphatic rings. The van der Waals surface area contributed by atoms with Gasteiger partial charge in [-0.15, -0.1) is 24.0 Å². The topological polar surface area (TPSA) is 65.0 Å². The Labute approximate surface area is 199 Å². The highest BCUT2D eigenvalue weighted by Gasteiger charge is 2.20. The van der Waals surface area contributed by atoms with Gasteiger partial charge in [-0.3, -0.25) is 4.99 Å². The minimum absolute atomic E-state index is 0. The second-order valence-electron chi connectivity index (χ2n) is 8.19. The smallest absolute Gasteiger partial charge is 0.191 e. The van der Waals surface area contributed by atoms with Crippen LogP contribution in [0.1, 0.15) is 45.1 Å². The standard InChI is InChI=1S/C22H38N6O.HI/c1-4-5-10-27-11-7-20(8-12-27)26-22(23-3)25-16-19-6-9-24-21(15-19)28-13-14-29-18(2)17-28;/h6,9,15,18,20H,4-5,7-8,10-14,16-17H2,1-3H3,(H2,23,25,26);1H. The van der Waals surface area contributed by atoms with E-state index in [9.17, 15) is 0 Å². The summed E-state index contributed by atoms with van der Waals surface area (Å²) in [7, 11) is 1.85. The fourth-order valence-electron chi connectivity index (χ4n) is 4.03. The highest BCUT2D eigenvalue weighted by atomic mass is 127. The third kappa shape index (κ3) is 7.85. The van der Waals surface area contributed by atoms with Gasteiger partial charge >= 0.3 is 0 Å². The molecule has 2 fully saturated rings. The molecule has 1 aromatic heterocycles. The number of anilines is 1. The Kier molecular flexibility index (Phi) is 11.2. The molecule has 2 aliphatic heterocycles. The number of unbranched alkanes of at least 4 members (excludes halogenated alkanes) is 1. The Hall–Kier alpha value is -1.13. The molecule has 1 unspecified atom stereocenters. The molecule has 0 amide bonds. The van der Waals surface area contributed by atoms with Crippen molar-refractivity contribution in [3.8, 4) is 0 Å². The maximum absolute atomic E-state index is 5.64. The summed E-state index contributed by atoms with van der Waals surface area (Å²) in [4.78, 5) is 13.9. The zero-order valence-corrected chi connectivity index (χ0v) is 21.1. The number of hydrogen-bond acceptors (Lipinski definition) is 5. The molecule has 7 nitrogen and oxygen atoms in total. The first-order valence-electron chi connectivity index (χ1n) is 11.2. The molecular formula is C22H39IN6O. The molecule has 2 N–H and O–H groups in total. The summed E-state index contributed by atoms with van der Waals surface area (Å²) >= 11 is 0. The number of ether oxygens (including phenoxy) is 1. The Morgan fingerprint density at radius 2 is 2.10 bits per heavy atom. The number of likely N-dealkylation sites (tertiary alicyclic amines) is 1. The van der Waals surface area contributed by atoms with Crippen molar-refractivity contribution in [1.82, 2.24) is 20.5 Å². The van der Waals surface area contributed by atoms with Gasteiger partial charge in [0.15, 0.2) is 5.96 Å². The summed E-state index contributed by atoms with van der Waals surface area (Å²) in [5, 5.41) is 7.08. The van der Waals surface area contributed by atoms with Gasteiger partial charge in [-0.1, -0.05) is 13.3 Å². The van der Waals surface area contributed by atoms with Crippen LogP contribution in [0, 0.1) is 0 Å². The third-order valence-corrected chi connectivity index (χ3v) is 5.81. The molecule has 170 valence electrons. The van der Waals surface area contributed by atoms with Crippen molar-refractivity contribution in [3.05, 3.63) is 23.9 Å². The van der Waals surface area contributed by atoms with Gasteiger partial charge < -0.3 is 25.2 Å². The van der Waals surface area contributed by atoms with E-state index in [0.29, 0.717) is 6.04 Å². The number of aromatic nitrogens is 1. The van der Waals surface area contributed by atoms with E-state index in [1.54, 1.807) is 0 Å². The Bertz CT molecular complexity index is 650. The predicted molar refractivity (Wildman–Crippen MR) is 135 cm³/mol. The SMILES string of the molecule is CCCCN1CCC(NC(=NC)NCc2ccnc(N3CCOC(C)C3)c2)CC1.I. The molecular weight excluding hydrogens is 491 g/mol. The van der Waals surface area contributed by atoms with Crippen LogP contribution in [0.2, 0.25) is 0 Å². The molecule has 0 bridgehead atoms. The van der Waals surface area contributed by atoms with Gasteiger partial charge in [0.25, 0.3) is 0 Å². The van der Waals surface area contributed by atoms with Crippen LogP contribution in [-0.2, 0) is 11.3 Å². The van der Waals surface area contributed by atoms with Gasteiger partial charge in [0, 0.05) is 52.0 Å². The van der Waals surface area contributed by atoms with Gasteiger partial charge in [0.2, 0.25) is 0 Å². The van der Waals surface area contributed by atoms with E-state index < -0.39 is 0 Å². The highest BCUT2D eigenvalue weighted by molar-refractivity contribution is 14.0. The van der Waals surface area contributed by atoms with Crippen LogP contribution in [0.5, 0.6) is 0 Å². The summed E-state index contributed by atoms with van der Waals surface area (Å²) in [6, 6.07) is 4.74. The van der Waals surface area contributed by atoms with Gasteiger partial charge in [0.1, 0.15) is 5.82 Å². The normalized spacial score (nSPS) is 21.2. The first-order chi connectivity index (χ1) is 14.2. The quantitative estimate of drug-likeness (QED) is 0.321. The van der Waals surface area contributed by atoms with Gasteiger partial charge in [-0.2, -0.15) is 0 Å². The molecule has 8 heteroatoms. The average Bonchev–Trinajstić information content (AvgIpc) is 2.76. The maximum atomic E-state index is 5.64. The van der Waals surface area contributed by atoms with E-state index >= 15 is 0 Å². The second-order valence-corrected chi connectivity index (χ2v) is 8.19. The number of nitrogens with one attached hydrogen (secondary N) is 2.